The molecule has 3 nitrogen and oxygen atoms in total. The van der Waals surface area contributed by atoms with Crippen molar-refractivity contribution in [3.8, 4) is 0 Å². The number of nitrogens with zero attached hydrogens (tertiary/aromatic N) is 1. The molecule has 2 rings (SSSR count). The second kappa shape index (κ2) is 3.67. The SMILES string of the molecule is Cc1ccc(C)n1CC1CCCS1(=O)=O. The van der Waals surface area contributed by atoms with Gasteiger partial charge in [0.25, 0.3) is 0 Å². The van der Waals surface area contributed by atoms with Gasteiger partial charge in [-0.25, -0.2) is 8.42 Å². The highest BCUT2D eigenvalue weighted by Gasteiger charge is 2.31. The first kappa shape index (κ1) is 10.7. The van der Waals surface area contributed by atoms with E-state index in [1.807, 2.05) is 26.0 Å². The summed E-state index contributed by atoms with van der Waals surface area (Å²) in [5, 5.41) is -0.165. The van der Waals surface area contributed by atoms with E-state index in [9.17, 15) is 8.42 Å². The predicted molar refractivity (Wildman–Crippen MR) is 60.7 cm³/mol. The van der Waals surface area contributed by atoms with Gasteiger partial charge in [-0.1, -0.05) is 0 Å². The molecular weight excluding hydrogens is 210 g/mol. The molecule has 84 valence electrons. The third-order valence-electron chi connectivity index (χ3n) is 3.27. The molecular formula is C11H17NO2S. The van der Waals surface area contributed by atoms with Crippen LogP contribution in [0.2, 0.25) is 0 Å². The number of sulfone groups is 1. The van der Waals surface area contributed by atoms with Crippen LogP contribution < -0.4 is 0 Å². The Hall–Kier alpha value is -0.770. The molecule has 1 unspecified atom stereocenters. The van der Waals surface area contributed by atoms with Gasteiger partial charge in [0.1, 0.15) is 0 Å². The third kappa shape index (κ3) is 1.95. The fourth-order valence-corrected chi connectivity index (χ4v) is 4.06. The zero-order valence-corrected chi connectivity index (χ0v) is 10.0. The van der Waals surface area contributed by atoms with Gasteiger partial charge < -0.3 is 4.57 Å². The topological polar surface area (TPSA) is 39.1 Å². The van der Waals surface area contributed by atoms with Gasteiger partial charge >= 0.3 is 0 Å². The molecule has 0 aliphatic carbocycles. The molecule has 1 aliphatic heterocycles. The highest BCUT2D eigenvalue weighted by atomic mass is 32.2. The number of aryl methyl sites for hydroxylation is 2. The lowest BCUT2D eigenvalue weighted by Crippen LogP contribution is -2.23. The summed E-state index contributed by atoms with van der Waals surface area (Å²) in [7, 11) is -2.82. The average Bonchev–Trinajstić information content (AvgIpc) is 2.63. The summed E-state index contributed by atoms with van der Waals surface area (Å²) in [6, 6.07) is 4.08. The van der Waals surface area contributed by atoms with E-state index in [-0.39, 0.29) is 5.25 Å². The van der Waals surface area contributed by atoms with Crippen molar-refractivity contribution < 1.29 is 8.42 Å². The first-order valence-electron chi connectivity index (χ1n) is 5.35. The Kier molecular flexibility index (Phi) is 2.63. The lowest BCUT2D eigenvalue weighted by Gasteiger charge is -2.14. The number of rotatable bonds is 2. The first-order chi connectivity index (χ1) is 7.00. The molecule has 1 aromatic rings. The summed E-state index contributed by atoms with van der Waals surface area (Å²) in [5.74, 6) is 0.372. The normalized spacial score (nSPS) is 24.5. The van der Waals surface area contributed by atoms with Crippen molar-refractivity contribution >= 4 is 9.84 Å². The Bertz CT molecular complexity index is 439. The summed E-state index contributed by atoms with van der Waals surface area (Å²) < 4.78 is 25.5. The molecule has 0 aromatic carbocycles. The number of hydrogen-bond acceptors (Lipinski definition) is 2. The quantitative estimate of drug-likeness (QED) is 0.771. The maximum Gasteiger partial charge on any atom is 0.154 e. The largest absolute Gasteiger partial charge is 0.348 e. The van der Waals surface area contributed by atoms with Gasteiger partial charge in [-0.05, 0) is 38.8 Å². The van der Waals surface area contributed by atoms with E-state index in [1.165, 1.54) is 0 Å². The molecule has 2 heterocycles. The van der Waals surface area contributed by atoms with Crippen LogP contribution >= 0.6 is 0 Å². The summed E-state index contributed by atoms with van der Waals surface area (Å²) in [5.41, 5.74) is 2.30. The minimum atomic E-state index is -2.82. The maximum atomic E-state index is 11.7. The Morgan fingerprint density at radius 3 is 2.40 bits per heavy atom. The molecule has 1 aromatic heterocycles. The van der Waals surface area contributed by atoms with Gasteiger partial charge in [0.15, 0.2) is 9.84 Å². The molecule has 0 amide bonds. The molecule has 0 spiro atoms. The average molecular weight is 227 g/mol. The monoisotopic (exact) mass is 227 g/mol. The smallest absolute Gasteiger partial charge is 0.154 e. The zero-order chi connectivity index (χ0) is 11.1. The van der Waals surface area contributed by atoms with Crippen molar-refractivity contribution in [3.63, 3.8) is 0 Å². The minimum absolute atomic E-state index is 0.165. The van der Waals surface area contributed by atoms with Crippen LogP contribution in [0.5, 0.6) is 0 Å². The fraction of sp³-hybridized carbons (Fsp3) is 0.636. The van der Waals surface area contributed by atoms with Crippen LogP contribution in [0, 0.1) is 13.8 Å². The van der Waals surface area contributed by atoms with Crippen LogP contribution in [-0.4, -0.2) is 24.0 Å². The Labute approximate surface area is 91.0 Å². The van der Waals surface area contributed by atoms with Crippen LogP contribution in [0.4, 0.5) is 0 Å². The fourth-order valence-electron chi connectivity index (χ4n) is 2.25. The van der Waals surface area contributed by atoms with E-state index in [1.54, 1.807) is 0 Å². The molecule has 4 heteroatoms. The zero-order valence-electron chi connectivity index (χ0n) is 9.23. The lowest BCUT2D eigenvalue weighted by molar-refractivity contribution is 0.559. The van der Waals surface area contributed by atoms with E-state index in [0.29, 0.717) is 12.3 Å². The van der Waals surface area contributed by atoms with Crippen molar-refractivity contribution in [2.45, 2.75) is 38.5 Å². The van der Waals surface area contributed by atoms with Crippen LogP contribution in [-0.2, 0) is 16.4 Å². The van der Waals surface area contributed by atoms with Crippen LogP contribution in [0.1, 0.15) is 24.2 Å². The second-order valence-corrected chi connectivity index (χ2v) is 6.76. The summed E-state index contributed by atoms with van der Waals surface area (Å²) in [6.07, 6.45) is 1.64. The van der Waals surface area contributed by atoms with E-state index in [2.05, 4.69) is 4.57 Å². The highest BCUT2D eigenvalue weighted by Crippen LogP contribution is 2.23. The number of hydrogen-bond donors (Lipinski definition) is 0. The molecule has 0 saturated carbocycles. The van der Waals surface area contributed by atoms with Gasteiger partial charge in [-0.2, -0.15) is 0 Å². The molecule has 0 radical (unpaired) electrons. The maximum absolute atomic E-state index is 11.7. The van der Waals surface area contributed by atoms with Crippen LogP contribution in [0.25, 0.3) is 0 Å². The highest BCUT2D eigenvalue weighted by molar-refractivity contribution is 7.92. The Balaban J connectivity index is 2.23. The minimum Gasteiger partial charge on any atom is -0.348 e. The lowest BCUT2D eigenvalue weighted by atomic mass is 10.2. The Morgan fingerprint density at radius 1 is 1.33 bits per heavy atom. The van der Waals surface area contributed by atoms with Gasteiger partial charge in [-0.3, -0.25) is 0 Å². The molecule has 1 fully saturated rings. The van der Waals surface area contributed by atoms with E-state index >= 15 is 0 Å². The van der Waals surface area contributed by atoms with E-state index in [4.69, 9.17) is 0 Å². The van der Waals surface area contributed by atoms with Crippen LogP contribution in [0.15, 0.2) is 12.1 Å². The van der Waals surface area contributed by atoms with Crippen molar-refractivity contribution in [2.75, 3.05) is 5.75 Å². The van der Waals surface area contributed by atoms with Crippen molar-refractivity contribution in [1.82, 2.24) is 4.57 Å². The summed E-state index contributed by atoms with van der Waals surface area (Å²) >= 11 is 0. The number of aromatic nitrogens is 1. The predicted octanol–water partition coefficient (Wildman–Crippen LogP) is 1.68. The van der Waals surface area contributed by atoms with Gasteiger partial charge in [-0.15, -0.1) is 0 Å². The van der Waals surface area contributed by atoms with Gasteiger partial charge in [0.2, 0.25) is 0 Å². The molecule has 1 atom stereocenters. The van der Waals surface area contributed by atoms with E-state index < -0.39 is 9.84 Å². The summed E-state index contributed by atoms with van der Waals surface area (Å²) in [6.45, 7) is 4.68. The molecule has 15 heavy (non-hydrogen) atoms. The molecule has 1 saturated heterocycles. The van der Waals surface area contributed by atoms with Gasteiger partial charge in [0, 0.05) is 17.9 Å². The summed E-state index contributed by atoms with van der Waals surface area (Å²) in [4.78, 5) is 0. The van der Waals surface area contributed by atoms with Crippen molar-refractivity contribution in [2.24, 2.45) is 0 Å². The van der Waals surface area contributed by atoms with Crippen molar-refractivity contribution in [3.05, 3.63) is 23.5 Å². The van der Waals surface area contributed by atoms with Crippen molar-refractivity contribution in [1.29, 1.82) is 0 Å². The molecule has 1 aliphatic rings. The third-order valence-corrected chi connectivity index (χ3v) is 5.52. The molecule has 0 bridgehead atoms. The van der Waals surface area contributed by atoms with E-state index in [0.717, 1.165) is 24.2 Å². The Morgan fingerprint density at radius 2 is 1.93 bits per heavy atom. The first-order valence-corrected chi connectivity index (χ1v) is 7.06. The van der Waals surface area contributed by atoms with Gasteiger partial charge in [0.05, 0.1) is 11.0 Å². The van der Waals surface area contributed by atoms with Crippen LogP contribution in [0.3, 0.4) is 0 Å². The second-order valence-electron chi connectivity index (χ2n) is 4.36. The molecule has 0 N–H and O–H groups in total. The standard InChI is InChI=1S/C11H17NO2S/c1-9-5-6-10(2)12(9)8-11-4-3-7-15(11,13)14/h5-6,11H,3-4,7-8H2,1-2H3.